The number of aromatic nitrogens is 1. The summed E-state index contributed by atoms with van der Waals surface area (Å²) in [5, 5.41) is 5.25. The summed E-state index contributed by atoms with van der Waals surface area (Å²) < 4.78 is 10.5. The Balaban J connectivity index is 1.66. The number of benzene rings is 2. The van der Waals surface area contributed by atoms with Gasteiger partial charge in [0.05, 0.1) is 31.2 Å². The molecule has 1 heterocycles. The molecule has 0 saturated heterocycles. The largest absolute Gasteiger partial charge is 0.493 e. The number of hydrazone groups is 1. The summed E-state index contributed by atoms with van der Waals surface area (Å²) in [4.78, 5) is 17.9. The number of pyridine rings is 1. The van der Waals surface area contributed by atoms with E-state index in [0.717, 1.165) is 27.1 Å². The van der Waals surface area contributed by atoms with Gasteiger partial charge in [0.1, 0.15) is 0 Å². The summed E-state index contributed by atoms with van der Waals surface area (Å²) in [5.41, 5.74) is 5.99. The third-order valence-electron chi connectivity index (χ3n) is 4.31. The third-order valence-corrected chi connectivity index (χ3v) is 5.37. The molecule has 1 aromatic heterocycles. The highest BCUT2D eigenvalue weighted by Crippen LogP contribution is 2.28. The van der Waals surface area contributed by atoms with Crippen LogP contribution in [0.3, 0.4) is 0 Å². The summed E-state index contributed by atoms with van der Waals surface area (Å²) in [6.45, 7) is 3.78. The van der Waals surface area contributed by atoms with Gasteiger partial charge in [-0.25, -0.2) is 5.43 Å². The summed E-state index contributed by atoms with van der Waals surface area (Å²) in [7, 11) is 3.17. The van der Waals surface area contributed by atoms with E-state index in [1.165, 1.54) is 11.8 Å². The molecule has 0 spiro atoms. The molecule has 0 saturated carbocycles. The van der Waals surface area contributed by atoms with Crippen molar-refractivity contribution in [3.63, 3.8) is 0 Å². The van der Waals surface area contributed by atoms with Crippen LogP contribution >= 0.6 is 11.8 Å². The van der Waals surface area contributed by atoms with E-state index >= 15 is 0 Å². The first-order valence-corrected chi connectivity index (χ1v) is 10.0. The zero-order valence-corrected chi connectivity index (χ0v) is 17.7. The first-order valence-electron chi connectivity index (χ1n) is 9.06. The number of rotatable bonds is 7. The highest BCUT2D eigenvalue weighted by Gasteiger charge is 2.09. The maximum atomic E-state index is 12.3. The quantitative estimate of drug-likeness (QED) is 0.360. The second kappa shape index (κ2) is 9.43. The van der Waals surface area contributed by atoms with Crippen molar-refractivity contribution < 1.29 is 14.3 Å². The molecule has 0 aliphatic rings. The molecule has 0 unspecified atom stereocenters. The molecule has 0 aliphatic heterocycles. The molecular weight excluding hydrogens is 386 g/mol. The maximum absolute atomic E-state index is 12.3. The highest BCUT2D eigenvalue weighted by molar-refractivity contribution is 8.00. The molecule has 7 heteroatoms. The zero-order valence-electron chi connectivity index (χ0n) is 16.9. The number of para-hydroxylation sites is 1. The van der Waals surface area contributed by atoms with E-state index in [1.54, 1.807) is 14.2 Å². The lowest BCUT2D eigenvalue weighted by Gasteiger charge is -2.10. The minimum Gasteiger partial charge on any atom is -0.493 e. The average Bonchev–Trinajstić information content (AvgIpc) is 2.75. The Labute approximate surface area is 174 Å². The van der Waals surface area contributed by atoms with Crippen LogP contribution in [0.25, 0.3) is 10.9 Å². The van der Waals surface area contributed by atoms with Gasteiger partial charge in [0, 0.05) is 21.5 Å². The van der Waals surface area contributed by atoms with Crippen LogP contribution in [-0.4, -0.2) is 36.6 Å². The van der Waals surface area contributed by atoms with Gasteiger partial charge in [-0.05, 0) is 44.2 Å². The number of nitrogens with one attached hydrogen (secondary N) is 1. The molecule has 1 N–H and O–H groups in total. The van der Waals surface area contributed by atoms with Crippen molar-refractivity contribution in [2.24, 2.45) is 5.10 Å². The fraction of sp³-hybridized carbons (Fsp3) is 0.227. The number of nitrogens with zero attached hydrogens (tertiary/aromatic N) is 2. The Morgan fingerprint density at radius 3 is 2.62 bits per heavy atom. The van der Waals surface area contributed by atoms with Crippen molar-refractivity contribution in [3.05, 3.63) is 59.8 Å². The van der Waals surface area contributed by atoms with Gasteiger partial charge in [-0.1, -0.05) is 18.2 Å². The molecule has 29 heavy (non-hydrogen) atoms. The van der Waals surface area contributed by atoms with Gasteiger partial charge in [-0.2, -0.15) is 5.10 Å². The number of carbonyl (C=O) groups excluding carboxylic acids is 1. The number of thioether (sulfide) groups is 1. The standard InChI is InChI=1S/C22H23N3O3S/c1-14-11-21(17-7-5-6-8-18(17)23-14)29-13-22(26)25-24-15(2)16-9-10-19(27-3)20(12-16)28-4/h5-12H,13H2,1-4H3,(H,25,26)/b24-15+. The topological polar surface area (TPSA) is 72.8 Å². The summed E-state index contributed by atoms with van der Waals surface area (Å²) in [5.74, 6) is 1.34. The van der Waals surface area contributed by atoms with E-state index in [9.17, 15) is 4.79 Å². The average molecular weight is 410 g/mol. The molecule has 0 radical (unpaired) electrons. The van der Waals surface area contributed by atoms with Gasteiger partial charge < -0.3 is 9.47 Å². The molecule has 150 valence electrons. The lowest BCUT2D eigenvalue weighted by Crippen LogP contribution is -2.21. The number of carbonyl (C=O) groups is 1. The minimum atomic E-state index is -0.173. The van der Waals surface area contributed by atoms with Crippen molar-refractivity contribution >= 4 is 34.3 Å². The Morgan fingerprint density at radius 2 is 1.86 bits per heavy atom. The molecule has 3 aromatic rings. The molecule has 3 rings (SSSR count). The molecule has 2 aromatic carbocycles. The van der Waals surface area contributed by atoms with Gasteiger partial charge in [0.25, 0.3) is 0 Å². The molecular formula is C22H23N3O3S. The fourth-order valence-corrected chi connectivity index (χ4v) is 3.77. The van der Waals surface area contributed by atoms with E-state index in [2.05, 4.69) is 15.5 Å². The number of hydrogen-bond acceptors (Lipinski definition) is 6. The lowest BCUT2D eigenvalue weighted by atomic mass is 10.1. The summed E-state index contributed by atoms with van der Waals surface area (Å²) in [6, 6.07) is 15.4. The zero-order chi connectivity index (χ0) is 20.8. The molecule has 0 fully saturated rings. The van der Waals surface area contributed by atoms with Crippen molar-refractivity contribution in [2.75, 3.05) is 20.0 Å². The van der Waals surface area contributed by atoms with Crippen molar-refractivity contribution in [2.45, 2.75) is 18.7 Å². The molecule has 1 amide bonds. The Hall–Kier alpha value is -3.06. The van der Waals surface area contributed by atoms with Crippen LogP contribution < -0.4 is 14.9 Å². The number of amides is 1. The number of aryl methyl sites for hydroxylation is 1. The maximum Gasteiger partial charge on any atom is 0.250 e. The summed E-state index contributed by atoms with van der Waals surface area (Å²) >= 11 is 1.47. The first kappa shape index (κ1) is 20.7. The predicted octanol–water partition coefficient (Wildman–Crippen LogP) is 4.19. The van der Waals surface area contributed by atoms with Crippen LogP contribution in [0, 0.1) is 6.92 Å². The number of fused-ring (bicyclic) bond motifs is 1. The molecule has 0 aliphatic carbocycles. The van der Waals surface area contributed by atoms with Crippen molar-refractivity contribution in [3.8, 4) is 11.5 Å². The van der Waals surface area contributed by atoms with E-state index in [4.69, 9.17) is 9.47 Å². The molecule has 0 atom stereocenters. The number of methoxy groups -OCH3 is 2. The fourth-order valence-electron chi connectivity index (χ4n) is 2.84. The van der Waals surface area contributed by atoms with Gasteiger partial charge in [-0.15, -0.1) is 11.8 Å². The number of hydrogen-bond donors (Lipinski definition) is 1. The second-order valence-electron chi connectivity index (χ2n) is 6.37. The van der Waals surface area contributed by atoms with Crippen LogP contribution in [0.1, 0.15) is 18.2 Å². The van der Waals surface area contributed by atoms with Crippen LogP contribution in [-0.2, 0) is 4.79 Å². The van der Waals surface area contributed by atoms with Crippen molar-refractivity contribution in [1.82, 2.24) is 10.4 Å². The second-order valence-corrected chi connectivity index (χ2v) is 7.39. The third kappa shape index (κ3) is 5.06. The van der Waals surface area contributed by atoms with Gasteiger partial charge in [0.15, 0.2) is 11.5 Å². The minimum absolute atomic E-state index is 0.173. The van der Waals surface area contributed by atoms with Crippen LogP contribution in [0.4, 0.5) is 0 Å². The Kier molecular flexibility index (Phi) is 6.72. The smallest absolute Gasteiger partial charge is 0.250 e. The normalized spacial score (nSPS) is 11.4. The van der Waals surface area contributed by atoms with E-state index in [1.807, 2.05) is 62.4 Å². The first-order chi connectivity index (χ1) is 14.0. The Morgan fingerprint density at radius 1 is 1.10 bits per heavy atom. The van der Waals surface area contributed by atoms with Crippen LogP contribution in [0.15, 0.2) is 58.5 Å². The number of ether oxygens (including phenoxy) is 2. The highest BCUT2D eigenvalue weighted by atomic mass is 32.2. The van der Waals surface area contributed by atoms with Gasteiger partial charge in [0.2, 0.25) is 5.91 Å². The SMILES string of the molecule is COc1ccc(/C(C)=N/NC(=O)CSc2cc(C)nc3ccccc23)cc1OC. The van der Waals surface area contributed by atoms with Gasteiger partial charge in [-0.3, -0.25) is 9.78 Å². The van der Waals surface area contributed by atoms with E-state index in [0.29, 0.717) is 17.2 Å². The van der Waals surface area contributed by atoms with Crippen LogP contribution in [0.2, 0.25) is 0 Å². The van der Waals surface area contributed by atoms with Crippen molar-refractivity contribution in [1.29, 1.82) is 0 Å². The van der Waals surface area contributed by atoms with Gasteiger partial charge >= 0.3 is 0 Å². The van der Waals surface area contributed by atoms with E-state index < -0.39 is 0 Å². The Bertz CT molecular complexity index is 1070. The molecule has 0 bridgehead atoms. The lowest BCUT2D eigenvalue weighted by molar-refractivity contribution is -0.118. The predicted molar refractivity (Wildman–Crippen MR) is 117 cm³/mol. The molecule has 6 nitrogen and oxygen atoms in total. The summed E-state index contributed by atoms with van der Waals surface area (Å²) in [6.07, 6.45) is 0. The monoisotopic (exact) mass is 409 g/mol. The van der Waals surface area contributed by atoms with E-state index in [-0.39, 0.29) is 11.7 Å². The van der Waals surface area contributed by atoms with Crippen LogP contribution in [0.5, 0.6) is 11.5 Å².